The van der Waals surface area contributed by atoms with Crippen molar-refractivity contribution in [1.82, 2.24) is 10.2 Å². The molecule has 0 bridgehead atoms. The van der Waals surface area contributed by atoms with Crippen LogP contribution in [0.5, 0.6) is 0 Å². The Kier molecular flexibility index (Phi) is 5.42. The molecule has 1 aromatic carbocycles. The van der Waals surface area contributed by atoms with Gasteiger partial charge in [-0.25, -0.2) is 4.79 Å². The lowest BCUT2D eigenvalue weighted by atomic mass is 10.1. The molecule has 122 valence electrons. The number of hydrogen-bond acceptors (Lipinski definition) is 4. The van der Waals surface area contributed by atoms with Crippen LogP contribution < -0.4 is 5.32 Å². The zero-order valence-corrected chi connectivity index (χ0v) is 13.6. The highest BCUT2D eigenvalue weighted by atomic mass is 16.6. The molecular weight excluding hydrogens is 280 g/mol. The van der Waals surface area contributed by atoms with Gasteiger partial charge in [-0.3, -0.25) is 4.90 Å². The standard InChI is InChI=1S/C17H26N2O3/c1-17(2,3)22-16(21)18-15-8-9-19(11-15)10-13-4-6-14(12-20)7-5-13/h4-7,15,20H,8-12H2,1-3H3,(H,18,21). The van der Waals surface area contributed by atoms with E-state index in [1.54, 1.807) is 0 Å². The zero-order valence-electron chi connectivity index (χ0n) is 13.6. The van der Waals surface area contributed by atoms with Crippen molar-refractivity contribution in [1.29, 1.82) is 0 Å². The van der Waals surface area contributed by atoms with E-state index in [4.69, 9.17) is 9.84 Å². The van der Waals surface area contributed by atoms with E-state index in [9.17, 15) is 4.79 Å². The van der Waals surface area contributed by atoms with Crippen molar-refractivity contribution in [3.05, 3.63) is 35.4 Å². The first-order chi connectivity index (χ1) is 10.4. The van der Waals surface area contributed by atoms with Crippen molar-refractivity contribution in [2.75, 3.05) is 13.1 Å². The largest absolute Gasteiger partial charge is 0.444 e. The predicted molar refractivity (Wildman–Crippen MR) is 85.4 cm³/mol. The molecule has 0 aliphatic carbocycles. The highest BCUT2D eigenvalue weighted by Gasteiger charge is 2.25. The van der Waals surface area contributed by atoms with Crippen molar-refractivity contribution in [2.24, 2.45) is 0 Å². The summed E-state index contributed by atoms with van der Waals surface area (Å²) in [5, 5.41) is 12.0. The molecule has 0 spiro atoms. The first kappa shape index (κ1) is 16.8. The number of benzene rings is 1. The summed E-state index contributed by atoms with van der Waals surface area (Å²) in [5.74, 6) is 0. The molecule has 1 aliphatic rings. The van der Waals surface area contributed by atoms with Crippen molar-refractivity contribution < 1.29 is 14.6 Å². The number of rotatable bonds is 4. The molecule has 5 heteroatoms. The number of aliphatic hydroxyl groups excluding tert-OH is 1. The monoisotopic (exact) mass is 306 g/mol. The summed E-state index contributed by atoms with van der Waals surface area (Å²) < 4.78 is 5.29. The quantitative estimate of drug-likeness (QED) is 0.896. The fraction of sp³-hybridized carbons (Fsp3) is 0.588. The van der Waals surface area contributed by atoms with Gasteiger partial charge in [-0.05, 0) is 38.3 Å². The normalized spacial score (nSPS) is 19.2. The molecule has 0 aromatic heterocycles. The average molecular weight is 306 g/mol. The second-order valence-corrected chi connectivity index (χ2v) is 6.84. The Labute approximate surface area is 132 Å². The van der Waals surface area contributed by atoms with E-state index in [-0.39, 0.29) is 18.7 Å². The second kappa shape index (κ2) is 7.11. The molecule has 1 unspecified atom stereocenters. The molecule has 1 aromatic rings. The molecule has 1 heterocycles. The van der Waals surface area contributed by atoms with Crippen LogP contribution in [0.1, 0.15) is 38.3 Å². The molecule has 2 N–H and O–H groups in total. The third kappa shape index (κ3) is 5.31. The fourth-order valence-corrected chi connectivity index (χ4v) is 2.58. The minimum Gasteiger partial charge on any atom is -0.444 e. The summed E-state index contributed by atoms with van der Waals surface area (Å²) >= 11 is 0. The number of carbonyl (C=O) groups excluding carboxylic acids is 1. The lowest BCUT2D eigenvalue weighted by Gasteiger charge is -2.22. The van der Waals surface area contributed by atoms with Crippen molar-refractivity contribution in [3.8, 4) is 0 Å². The van der Waals surface area contributed by atoms with Crippen LogP contribution in [0.2, 0.25) is 0 Å². The Morgan fingerprint density at radius 1 is 1.32 bits per heavy atom. The van der Waals surface area contributed by atoms with E-state index in [0.717, 1.165) is 31.6 Å². The molecule has 5 nitrogen and oxygen atoms in total. The van der Waals surface area contributed by atoms with Gasteiger partial charge in [-0.15, -0.1) is 0 Å². The van der Waals surface area contributed by atoms with Gasteiger partial charge in [0.2, 0.25) is 0 Å². The first-order valence-corrected chi connectivity index (χ1v) is 7.76. The van der Waals surface area contributed by atoms with E-state index in [1.165, 1.54) is 5.56 Å². The van der Waals surface area contributed by atoms with Gasteiger partial charge in [0, 0.05) is 25.7 Å². The molecule has 0 saturated carbocycles. The van der Waals surface area contributed by atoms with Crippen LogP contribution in [-0.2, 0) is 17.9 Å². The molecular formula is C17H26N2O3. The van der Waals surface area contributed by atoms with Gasteiger partial charge in [0.15, 0.2) is 0 Å². The van der Waals surface area contributed by atoms with E-state index >= 15 is 0 Å². The Balaban J connectivity index is 1.78. The number of alkyl carbamates (subject to hydrolysis) is 1. The Morgan fingerprint density at radius 3 is 2.55 bits per heavy atom. The number of hydrogen-bond donors (Lipinski definition) is 2. The number of nitrogens with zero attached hydrogens (tertiary/aromatic N) is 1. The van der Waals surface area contributed by atoms with E-state index in [2.05, 4.69) is 10.2 Å². The van der Waals surface area contributed by atoms with Crippen LogP contribution in [-0.4, -0.2) is 40.8 Å². The summed E-state index contributed by atoms with van der Waals surface area (Å²) in [7, 11) is 0. The number of likely N-dealkylation sites (tertiary alicyclic amines) is 1. The fourth-order valence-electron chi connectivity index (χ4n) is 2.58. The summed E-state index contributed by atoms with van der Waals surface area (Å²) in [6.45, 7) is 8.32. The third-order valence-corrected chi connectivity index (χ3v) is 3.60. The average Bonchev–Trinajstić information content (AvgIpc) is 2.84. The zero-order chi connectivity index (χ0) is 16.2. The Morgan fingerprint density at radius 2 is 1.95 bits per heavy atom. The lowest BCUT2D eigenvalue weighted by Crippen LogP contribution is -2.40. The highest BCUT2D eigenvalue weighted by Crippen LogP contribution is 2.15. The van der Waals surface area contributed by atoms with Gasteiger partial charge >= 0.3 is 6.09 Å². The molecule has 22 heavy (non-hydrogen) atoms. The van der Waals surface area contributed by atoms with Crippen LogP contribution in [0.25, 0.3) is 0 Å². The Bertz CT molecular complexity index is 494. The minimum atomic E-state index is -0.461. The number of amides is 1. The topological polar surface area (TPSA) is 61.8 Å². The maximum absolute atomic E-state index is 11.8. The van der Waals surface area contributed by atoms with Gasteiger partial charge in [-0.2, -0.15) is 0 Å². The molecule has 1 saturated heterocycles. The van der Waals surface area contributed by atoms with Crippen molar-refractivity contribution >= 4 is 6.09 Å². The van der Waals surface area contributed by atoms with Gasteiger partial charge in [-0.1, -0.05) is 24.3 Å². The van der Waals surface area contributed by atoms with Crippen LogP contribution in [0.3, 0.4) is 0 Å². The van der Waals surface area contributed by atoms with Gasteiger partial charge in [0.05, 0.1) is 6.61 Å². The van der Waals surface area contributed by atoms with Crippen LogP contribution in [0.15, 0.2) is 24.3 Å². The van der Waals surface area contributed by atoms with Gasteiger partial charge < -0.3 is 15.2 Å². The molecule has 1 atom stereocenters. The van der Waals surface area contributed by atoms with Crippen LogP contribution in [0, 0.1) is 0 Å². The maximum atomic E-state index is 11.8. The lowest BCUT2D eigenvalue weighted by molar-refractivity contribution is 0.0506. The van der Waals surface area contributed by atoms with Gasteiger partial charge in [0.25, 0.3) is 0 Å². The predicted octanol–water partition coefficient (Wildman–Crippen LogP) is 2.28. The molecule has 0 radical (unpaired) electrons. The van der Waals surface area contributed by atoms with Crippen molar-refractivity contribution in [2.45, 2.75) is 52.0 Å². The number of aliphatic hydroxyl groups is 1. The highest BCUT2D eigenvalue weighted by molar-refractivity contribution is 5.68. The maximum Gasteiger partial charge on any atom is 0.407 e. The van der Waals surface area contributed by atoms with E-state index < -0.39 is 5.60 Å². The van der Waals surface area contributed by atoms with Crippen LogP contribution in [0.4, 0.5) is 4.79 Å². The summed E-state index contributed by atoms with van der Waals surface area (Å²) in [4.78, 5) is 14.1. The van der Waals surface area contributed by atoms with E-state index in [1.807, 2.05) is 45.0 Å². The molecule has 1 amide bonds. The summed E-state index contributed by atoms with van der Waals surface area (Å²) in [6, 6.07) is 8.12. The van der Waals surface area contributed by atoms with Crippen LogP contribution >= 0.6 is 0 Å². The Hall–Kier alpha value is -1.59. The molecule has 1 aliphatic heterocycles. The third-order valence-electron chi connectivity index (χ3n) is 3.60. The van der Waals surface area contributed by atoms with Crippen molar-refractivity contribution in [3.63, 3.8) is 0 Å². The van der Waals surface area contributed by atoms with E-state index in [0.29, 0.717) is 0 Å². The molecule has 1 fully saturated rings. The second-order valence-electron chi connectivity index (χ2n) is 6.84. The smallest absolute Gasteiger partial charge is 0.407 e. The summed E-state index contributed by atoms with van der Waals surface area (Å²) in [6.07, 6.45) is 0.597. The number of nitrogens with one attached hydrogen (secondary N) is 1. The minimum absolute atomic E-state index is 0.0753. The molecule has 2 rings (SSSR count). The van der Waals surface area contributed by atoms with Gasteiger partial charge in [0.1, 0.15) is 5.60 Å². The SMILES string of the molecule is CC(C)(C)OC(=O)NC1CCN(Cc2ccc(CO)cc2)C1. The first-order valence-electron chi connectivity index (χ1n) is 7.76. The summed E-state index contributed by atoms with van der Waals surface area (Å²) in [5.41, 5.74) is 1.68. The number of carbonyl (C=O) groups is 1. The number of ether oxygens (including phenoxy) is 1.